The molecule has 1 aliphatic heterocycles. The summed E-state index contributed by atoms with van der Waals surface area (Å²) in [5, 5.41) is 19.9. The van der Waals surface area contributed by atoms with Crippen LogP contribution >= 0.6 is 23.5 Å². The molecule has 1 saturated heterocycles. The van der Waals surface area contributed by atoms with Gasteiger partial charge in [0.2, 0.25) is 5.56 Å². The molecule has 0 aromatic carbocycles. The van der Waals surface area contributed by atoms with Crippen molar-refractivity contribution in [3.05, 3.63) is 34.0 Å². The Bertz CT molecular complexity index is 946. The van der Waals surface area contributed by atoms with Crippen LogP contribution in [0.3, 0.4) is 0 Å². The van der Waals surface area contributed by atoms with Crippen molar-refractivity contribution in [2.45, 2.75) is 24.4 Å². The number of aromatic nitrogens is 1. The maximum Gasteiger partial charge on any atom is 0.490 e. The lowest BCUT2D eigenvalue weighted by atomic mass is 10.0. The number of aliphatic hydroxyl groups is 2. The van der Waals surface area contributed by atoms with Gasteiger partial charge in [-0.2, -0.15) is 13.0 Å². The molecular formula is C10H15FNO14P3. The third-order valence-corrected chi connectivity index (χ3v) is 7.19. The summed E-state index contributed by atoms with van der Waals surface area (Å²) in [4.78, 5) is 48.1. The summed E-state index contributed by atoms with van der Waals surface area (Å²) in [5.41, 5.74) is -1.14. The molecule has 0 bridgehead atoms. The van der Waals surface area contributed by atoms with Gasteiger partial charge in [-0.25, -0.2) is 13.7 Å². The normalized spacial score (nSPS) is 29.3. The molecule has 2 heterocycles. The average Bonchev–Trinajstić information content (AvgIpc) is 2.78. The zero-order chi connectivity index (χ0) is 22.2. The van der Waals surface area contributed by atoms with Crippen LogP contribution in [0.4, 0.5) is 4.39 Å². The molecule has 0 radical (unpaired) electrons. The maximum absolute atomic E-state index is 13.8. The quantitative estimate of drug-likeness (QED) is 0.173. The Kier molecular flexibility index (Phi) is 7.36. The molecule has 1 aromatic heterocycles. The number of aromatic amines is 1. The number of pyridine rings is 1. The number of hydrogen-bond donors (Lipinski definition) is 7. The molecule has 0 aliphatic carbocycles. The summed E-state index contributed by atoms with van der Waals surface area (Å²) < 4.78 is 63.7. The first-order valence-electron chi connectivity index (χ1n) is 7.29. The van der Waals surface area contributed by atoms with Crippen LogP contribution in [0.2, 0.25) is 0 Å². The van der Waals surface area contributed by atoms with E-state index >= 15 is 0 Å². The van der Waals surface area contributed by atoms with Crippen molar-refractivity contribution < 1.29 is 65.8 Å². The summed E-state index contributed by atoms with van der Waals surface area (Å²) in [6.07, 6.45) is -6.65. The predicted octanol–water partition coefficient (Wildman–Crippen LogP) is -0.981. The second-order valence-electron chi connectivity index (χ2n) is 5.55. The largest absolute Gasteiger partial charge is 0.490 e. The number of phosphoric acid groups is 3. The van der Waals surface area contributed by atoms with E-state index in [0.717, 1.165) is 12.1 Å². The number of H-pyrrole nitrogens is 1. The Balaban J connectivity index is 2.05. The van der Waals surface area contributed by atoms with Crippen molar-refractivity contribution in [3.63, 3.8) is 0 Å². The van der Waals surface area contributed by atoms with Gasteiger partial charge in [0.15, 0.2) is 5.95 Å². The lowest BCUT2D eigenvalue weighted by Crippen LogP contribution is -2.33. The van der Waals surface area contributed by atoms with Gasteiger partial charge in [-0.1, -0.05) is 0 Å². The highest BCUT2D eigenvalue weighted by atomic mass is 31.3. The lowest BCUT2D eigenvalue weighted by Gasteiger charge is -2.19. The number of aliphatic hydroxyl groups excluding tert-OH is 2. The van der Waals surface area contributed by atoms with Gasteiger partial charge in [-0.3, -0.25) is 14.3 Å². The van der Waals surface area contributed by atoms with Crippen molar-refractivity contribution >= 4 is 23.5 Å². The van der Waals surface area contributed by atoms with Gasteiger partial charge in [0, 0.05) is 11.6 Å². The highest BCUT2D eigenvalue weighted by molar-refractivity contribution is 7.66. The fourth-order valence-electron chi connectivity index (χ4n) is 2.29. The zero-order valence-electron chi connectivity index (χ0n) is 13.8. The maximum atomic E-state index is 13.8. The summed E-state index contributed by atoms with van der Waals surface area (Å²) in [6.45, 7) is -1.05. The van der Waals surface area contributed by atoms with Gasteiger partial charge in [0.05, 0.1) is 6.61 Å². The molecule has 166 valence electrons. The SMILES string of the molecule is O=c1ccc([C@@H]2O[C@H](COP(=O)(O)OP(=O)(O)OP(=O)(O)O)[C@H](O)[C@@H]2O)c(F)[nH]1. The molecule has 7 N–H and O–H groups in total. The summed E-state index contributed by atoms with van der Waals surface area (Å²) in [6, 6.07) is 1.89. The summed E-state index contributed by atoms with van der Waals surface area (Å²) in [7, 11) is -16.8. The Morgan fingerprint density at radius 2 is 1.66 bits per heavy atom. The van der Waals surface area contributed by atoms with Gasteiger partial charge in [-0.05, 0) is 6.07 Å². The Hall–Kier alpha value is -0.830. The van der Waals surface area contributed by atoms with E-state index in [-0.39, 0.29) is 5.56 Å². The van der Waals surface area contributed by atoms with E-state index in [1.807, 2.05) is 0 Å². The van der Waals surface area contributed by atoms with E-state index in [2.05, 4.69) is 13.1 Å². The first kappa shape index (κ1) is 24.4. The molecule has 2 rings (SSSR count). The topological polar surface area (TPSA) is 242 Å². The second-order valence-corrected chi connectivity index (χ2v) is 9.97. The van der Waals surface area contributed by atoms with Gasteiger partial charge >= 0.3 is 23.5 Å². The number of hydrogen-bond acceptors (Lipinski definition) is 10. The average molecular weight is 485 g/mol. The van der Waals surface area contributed by atoms with E-state index in [9.17, 15) is 38.0 Å². The molecule has 0 saturated carbocycles. The molecule has 6 atom stereocenters. The minimum Gasteiger partial charge on any atom is -0.387 e. The Morgan fingerprint density at radius 1 is 1.03 bits per heavy atom. The first-order chi connectivity index (χ1) is 13.1. The number of nitrogens with one attached hydrogen (secondary N) is 1. The van der Waals surface area contributed by atoms with Gasteiger partial charge in [0.25, 0.3) is 0 Å². The van der Waals surface area contributed by atoms with Crippen LogP contribution in [0.5, 0.6) is 0 Å². The second kappa shape index (κ2) is 8.73. The zero-order valence-corrected chi connectivity index (χ0v) is 16.5. The molecule has 1 aromatic rings. The third-order valence-electron chi connectivity index (χ3n) is 3.39. The van der Waals surface area contributed by atoms with E-state index < -0.39 is 66.0 Å². The molecule has 29 heavy (non-hydrogen) atoms. The van der Waals surface area contributed by atoms with Gasteiger partial charge in [0.1, 0.15) is 24.4 Å². The Labute approximate surface area is 160 Å². The monoisotopic (exact) mass is 485 g/mol. The van der Waals surface area contributed by atoms with Crippen LogP contribution in [-0.2, 0) is 31.6 Å². The summed E-state index contributed by atoms with van der Waals surface area (Å²) >= 11 is 0. The number of ether oxygens (including phenoxy) is 1. The first-order valence-corrected chi connectivity index (χ1v) is 11.8. The predicted molar refractivity (Wildman–Crippen MR) is 86.5 cm³/mol. The van der Waals surface area contributed by atoms with Crippen molar-refractivity contribution in [1.82, 2.24) is 4.98 Å². The standard InChI is InChI=1S/C10H15FNO14P3/c11-10-4(1-2-6(13)12-10)9-8(15)7(14)5(24-9)3-23-28(19,20)26-29(21,22)25-27(16,17)18/h1-2,5,7-9,14-15H,3H2,(H,12,13)(H,19,20)(H,21,22)(H2,16,17,18)/t5-,7+,8+,9+/m1/s1. The van der Waals surface area contributed by atoms with Crippen molar-refractivity contribution in [2.75, 3.05) is 6.61 Å². The summed E-state index contributed by atoms with van der Waals surface area (Å²) in [5.74, 6) is -1.16. The van der Waals surface area contributed by atoms with Crippen molar-refractivity contribution in [1.29, 1.82) is 0 Å². The fourth-order valence-corrected chi connectivity index (χ4v) is 5.32. The molecule has 0 spiro atoms. The third kappa shape index (κ3) is 6.84. The van der Waals surface area contributed by atoms with E-state index in [1.165, 1.54) is 0 Å². The molecule has 19 heteroatoms. The number of phosphoric ester groups is 1. The van der Waals surface area contributed by atoms with Crippen LogP contribution in [-0.4, -0.2) is 59.7 Å². The minimum absolute atomic E-state index is 0.350. The molecule has 15 nitrogen and oxygen atoms in total. The molecule has 2 unspecified atom stereocenters. The van der Waals surface area contributed by atoms with Crippen LogP contribution < -0.4 is 5.56 Å². The lowest BCUT2D eigenvalue weighted by molar-refractivity contribution is -0.0233. The van der Waals surface area contributed by atoms with Crippen LogP contribution in [0.15, 0.2) is 16.9 Å². The van der Waals surface area contributed by atoms with Gasteiger partial charge in [-0.15, -0.1) is 0 Å². The van der Waals surface area contributed by atoms with Crippen LogP contribution in [0, 0.1) is 5.95 Å². The van der Waals surface area contributed by atoms with E-state index in [4.69, 9.17) is 19.4 Å². The molecule has 1 aliphatic rings. The number of rotatable bonds is 8. The minimum atomic E-state index is -5.73. The van der Waals surface area contributed by atoms with E-state index in [0.29, 0.717) is 0 Å². The molecular weight excluding hydrogens is 470 g/mol. The van der Waals surface area contributed by atoms with E-state index in [1.54, 1.807) is 4.98 Å². The smallest absolute Gasteiger partial charge is 0.387 e. The van der Waals surface area contributed by atoms with Crippen LogP contribution in [0.1, 0.15) is 11.7 Å². The van der Waals surface area contributed by atoms with Crippen molar-refractivity contribution in [2.24, 2.45) is 0 Å². The highest BCUT2D eigenvalue weighted by Crippen LogP contribution is 2.66. The molecule has 0 amide bonds. The molecule has 1 fully saturated rings. The van der Waals surface area contributed by atoms with Gasteiger partial charge < -0.3 is 34.5 Å². The van der Waals surface area contributed by atoms with Crippen molar-refractivity contribution in [3.8, 4) is 0 Å². The highest BCUT2D eigenvalue weighted by Gasteiger charge is 2.47. The number of halogens is 1. The Morgan fingerprint density at radius 3 is 2.21 bits per heavy atom. The van der Waals surface area contributed by atoms with Crippen LogP contribution in [0.25, 0.3) is 0 Å². The fraction of sp³-hybridized carbons (Fsp3) is 0.500.